The van der Waals surface area contributed by atoms with Crippen LogP contribution in [0.1, 0.15) is 50.6 Å². The van der Waals surface area contributed by atoms with E-state index in [9.17, 15) is 8.78 Å². The maximum atomic E-state index is 13.7. The van der Waals surface area contributed by atoms with Crippen molar-refractivity contribution in [3.05, 3.63) is 30.2 Å². The van der Waals surface area contributed by atoms with Crippen molar-refractivity contribution in [2.75, 3.05) is 20.1 Å². The predicted molar refractivity (Wildman–Crippen MR) is 113 cm³/mol. The molecule has 2 aliphatic heterocycles. The van der Waals surface area contributed by atoms with Gasteiger partial charge < -0.3 is 21.1 Å². The fraction of sp³-hybridized carbons (Fsp3) is 0.636. The van der Waals surface area contributed by atoms with Crippen LogP contribution in [0.15, 0.2) is 29.5 Å². The molecule has 1 aliphatic carbocycles. The van der Waals surface area contributed by atoms with Gasteiger partial charge in [-0.2, -0.15) is 0 Å². The zero-order valence-electron chi connectivity index (χ0n) is 17.5. The molecule has 8 heteroatoms. The molecule has 0 amide bonds. The number of rotatable bonds is 4. The average molecular weight is 420 g/mol. The lowest BCUT2D eigenvalue weighted by Crippen LogP contribution is -2.53. The topological polar surface area (TPSA) is 89.8 Å². The average Bonchev–Trinajstić information content (AvgIpc) is 2.70. The second-order valence-corrected chi connectivity index (χ2v) is 9.01. The molecule has 2 fully saturated rings. The number of amidine groups is 1. The molecule has 0 aromatic carbocycles. The lowest BCUT2D eigenvalue weighted by atomic mass is 9.67. The number of aromatic nitrogens is 1. The van der Waals surface area contributed by atoms with E-state index in [-0.39, 0.29) is 24.9 Å². The van der Waals surface area contributed by atoms with E-state index in [0.717, 1.165) is 37.3 Å². The third-order valence-electron chi connectivity index (χ3n) is 6.76. The summed E-state index contributed by atoms with van der Waals surface area (Å²) in [5.74, 6) is -1.53. The van der Waals surface area contributed by atoms with Gasteiger partial charge in [-0.25, -0.2) is 13.8 Å². The molecule has 4 rings (SSSR count). The minimum atomic E-state index is -2.60. The molecule has 6 nitrogen and oxygen atoms in total. The Morgan fingerprint density at radius 3 is 2.47 bits per heavy atom. The Hall–Kier alpha value is -2.06. The maximum absolute atomic E-state index is 13.7. The number of nitrogens with zero attached hydrogens (tertiary/aromatic N) is 3. The van der Waals surface area contributed by atoms with Gasteiger partial charge >= 0.3 is 0 Å². The largest absolute Gasteiger partial charge is 0.489 e. The van der Waals surface area contributed by atoms with Crippen molar-refractivity contribution in [1.82, 2.24) is 9.88 Å². The van der Waals surface area contributed by atoms with Crippen LogP contribution in [0.2, 0.25) is 0 Å². The summed E-state index contributed by atoms with van der Waals surface area (Å²) in [6, 6.07) is 3.78. The minimum Gasteiger partial charge on any atom is -0.489 e. The molecular formula is C22H31F2N5O. The maximum Gasteiger partial charge on any atom is 0.248 e. The van der Waals surface area contributed by atoms with E-state index >= 15 is 0 Å². The first-order valence-electron chi connectivity index (χ1n) is 10.8. The Morgan fingerprint density at radius 1 is 1.13 bits per heavy atom. The molecule has 1 saturated carbocycles. The highest BCUT2D eigenvalue weighted by Gasteiger charge is 2.46. The van der Waals surface area contributed by atoms with Crippen LogP contribution in [0.3, 0.4) is 0 Å². The molecule has 1 atom stereocenters. The van der Waals surface area contributed by atoms with Crippen LogP contribution >= 0.6 is 0 Å². The van der Waals surface area contributed by atoms with Crippen molar-refractivity contribution in [3.8, 4) is 5.75 Å². The molecule has 0 spiro atoms. The van der Waals surface area contributed by atoms with E-state index in [2.05, 4.69) is 21.9 Å². The van der Waals surface area contributed by atoms with Crippen molar-refractivity contribution in [2.45, 2.75) is 62.5 Å². The van der Waals surface area contributed by atoms with E-state index < -0.39 is 11.5 Å². The lowest BCUT2D eigenvalue weighted by Gasteiger charge is -2.43. The van der Waals surface area contributed by atoms with Crippen molar-refractivity contribution in [3.63, 3.8) is 0 Å². The van der Waals surface area contributed by atoms with E-state index in [4.69, 9.17) is 16.2 Å². The molecule has 30 heavy (non-hydrogen) atoms. The number of pyridine rings is 1. The highest BCUT2D eigenvalue weighted by Crippen LogP contribution is 2.46. The third kappa shape index (κ3) is 4.49. The zero-order chi connectivity index (χ0) is 21.4. The number of likely N-dealkylation sites (tertiary alicyclic amines) is 1. The number of piperidine rings is 1. The summed E-state index contributed by atoms with van der Waals surface area (Å²) in [7, 11) is 2.12. The first-order chi connectivity index (χ1) is 14.2. The Balaban J connectivity index is 1.50. The summed E-state index contributed by atoms with van der Waals surface area (Å²) in [6.07, 6.45) is 6.36. The van der Waals surface area contributed by atoms with Gasteiger partial charge in [0.15, 0.2) is 0 Å². The third-order valence-corrected chi connectivity index (χ3v) is 6.76. The molecule has 3 aliphatic rings. The van der Waals surface area contributed by atoms with Gasteiger partial charge in [0.2, 0.25) is 5.92 Å². The SMILES string of the molecule is CN1CCC(Oc2ccc(C3=CN=C(N)CC3(N)C3CCC(F)(F)CC3)nc2)CC1. The predicted octanol–water partition coefficient (Wildman–Crippen LogP) is 3.18. The fourth-order valence-corrected chi connectivity index (χ4v) is 4.84. The molecule has 0 radical (unpaired) electrons. The van der Waals surface area contributed by atoms with E-state index in [1.807, 2.05) is 12.1 Å². The van der Waals surface area contributed by atoms with Crippen LogP contribution in [-0.4, -0.2) is 53.4 Å². The minimum absolute atomic E-state index is 0.0885. The summed E-state index contributed by atoms with van der Waals surface area (Å²) in [6.45, 7) is 2.05. The first kappa shape index (κ1) is 21.2. The lowest BCUT2D eigenvalue weighted by molar-refractivity contribution is -0.0510. The van der Waals surface area contributed by atoms with Gasteiger partial charge in [-0.1, -0.05) is 0 Å². The number of hydrogen-bond donors (Lipinski definition) is 2. The normalized spacial score (nSPS) is 28.7. The number of nitrogens with two attached hydrogens (primary N) is 2. The van der Waals surface area contributed by atoms with Gasteiger partial charge in [0.25, 0.3) is 0 Å². The first-order valence-corrected chi connectivity index (χ1v) is 10.8. The monoisotopic (exact) mass is 419 g/mol. The molecule has 3 heterocycles. The van der Waals surface area contributed by atoms with Gasteiger partial charge in [-0.3, -0.25) is 4.98 Å². The van der Waals surface area contributed by atoms with Crippen LogP contribution in [0, 0.1) is 5.92 Å². The molecule has 1 unspecified atom stereocenters. The van der Waals surface area contributed by atoms with Crippen LogP contribution < -0.4 is 16.2 Å². The van der Waals surface area contributed by atoms with Gasteiger partial charge in [0, 0.05) is 44.1 Å². The summed E-state index contributed by atoms with van der Waals surface area (Å²) >= 11 is 0. The smallest absolute Gasteiger partial charge is 0.248 e. The Kier molecular flexibility index (Phi) is 5.81. The molecule has 164 valence electrons. The quantitative estimate of drug-likeness (QED) is 0.782. The molecule has 0 bridgehead atoms. The Morgan fingerprint density at radius 2 is 1.83 bits per heavy atom. The number of aliphatic imine (C=N–C) groups is 1. The fourth-order valence-electron chi connectivity index (χ4n) is 4.84. The van der Waals surface area contributed by atoms with Crippen molar-refractivity contribution >= 4 is 11.4 Å². The number of hydrogen-bond acceptors (Lipinski definition) is 6. The van der Waals surface area contributed by atoms with Gasteiger partial charge in [0.1, 0.15) is 17.7 Å². The molecule has 1 aromatic rings. The highest BCUT2D eigenvalue weighted by molar-refractivity contribution is 5.90. The standard InChI is InChI=1S/C22H31F2N5O/c1-29-10-6-16(7-11-29)30-17-2-3-19(27-13-17)18-14-28-20(25)12-22(18,26)15-4-8-21(23,24)9-5-15/h2-3,13-16H,4-12,26H2,1H3,(H2,25,28). The number of halogens is 2. The Labute approximate surface area is 176 Å². The van der Waals surface area contributed by atoms with Crippen LogP contribution in [-0.2, 0) is 0 Å². The summed E-state index contributed by atoms with van der Waals surface area (Å²) < 4.78 is 33.5. The van der Waals surface area contributed by atoms with Crippen molar-refractivity contribution in [1.29, 1.82) is 0 Å². The van der Waals surface area contributed by atoms with Crippen LogP contribution in [0.4, 0.5) is 8.78 Å². The van der Waals surface area contributed by atoms with E-state index in [1.54, 1.807) is 12.4 Å². The van der Waals surface area contributed by atoms with E-state index in [0.29, 0.717) is 30.8 Å². The molecule has 4 N–H and O–H groups in total. The second-order valence-electron chi connectivity index (χ2n) is 9.01. The molecule has 1 saturated heterocycles. The summed E-state index contributed by atoms with van der Waals surface area (Å²) in [5, 5.41) is 0. The second kappa shape index (κ2) is 8.23. The summed E-state index contributed by atoms with van der Waals surface area (Å²) in [4.78, 5) is 11.1. The van der Waals surface area contributed by atoms with Crippen LogP contribution in [0.25, 0.3) is 5.57 Å². The van der Waals surface area contributed by atoms with Crippen molar-refractivity contribution in [2.24, 2.45) is 22.4 Å². The zero-order valence-corrected chi connectivity index (χ0v) is 17.5. The van der Waals surface area contributed by atoms with Gasteiger partial charge in [-0.15, -0.1) is 0 Å². The number of alkyl halides is 2. The van der Waals surface area contributed by atoms with E-state index in [1.165, 1.54) is 0 Å². The summed E-state index contributed by atoms with van der Waals surface area (Å²) in [5.41, 5.74) is 13.4. The Bertz CT molecular complexity index is 807. The van der Waals surface area contributed by atoms with Crippen LogP contribution in [0.5, 0.6) is 5.75 Å². The van der Waals surface area contributed by atoms with Gasteiger partial charge in [0.05, 0.1) is 17.4 Å². The van der Waals surface area contributed by atoms with Gasteiger partial charge in [-0.05, 0) is 50.8 Å². The number of ether oxygens (including phenoxy) is 1. The highest BCUT2D eigenvalue weighted by atomic mass is 19.3. The van der Waals surface area contributed by atoms with Crippen molar-refractivity contribution < 1.29 is 13.5 Å². The molecule has 1 aromatic heterocycles. The molecular weight excluding hydrogens is 388 g/mol.